The average Bonchev–Trinajstić information content (AvgIpc) is 2.95. The van der Waals surface area contributed by atoms with Gasteiger partial charge < -0.3 is 19.5 Å². The molecule has 4 rings (SSSR count). The third kappa shape index (κ3) is 7.79. The Kier molecular flexibility index (Phi) is 9.69. The molecule has 1 N–H and O–H groups in total. The summed E-state index contributed by atoms with van der Waals surface area (Å²) in [6, 6.07) is 27.5. The number of aryl methyl sites for hydroxylation is 1. The number of anilines is 1. The number of nitrogens with one attached hydrogen (secondary N) is 1. The molecule has 4 aromatic rings. The third-order valence-electron chi connectivity index (χ3n) is 5.84. The molecule has 6 nitrogen and oxygen atoms in total. The molecule has 0 aliphatic rings. The molecular weight excluding hydrogens is 547 g/mol. The highest BCUT2D eigenvalue weighted by molar-refractivity contribution is 6.32. The molecule has 0 spiro atoms. The van der Waals surface area contributed by atoms with Crippen LogP contribution in [0.4, 0.5) is 5.69 Å². The molecule has 0 fully saturated rings. The summed E-state index contributed by atoms with van der Waals surface area (Å²) >= 11 is 12.5. The van der Waals surface area contributed by atoms with Gasteiger partial charge in [-0.2, -0.15) is 5.26 Å². The number of amides is 1. The maximum absolute atomic E-state index is 12.8. The Morgan fingerprint density at radius 1 is 0.925 bits per heavy atom. The molecule has 0 aromatic heterocycles. The molecule has 0 heterocycles. The van der Waals surface area contributed by atoms with Crippen LogP contribution in [-0.4, -0.2) is 13.0 Å². The van der Waals surface area contributed by atoms with Gasteiger partial charge in [-0.1, -0.05) is 65.2 Å². The predicted octanol–water partition coefficient (Wildman–Crippen LogP) is 8.01. The van der Waals surface area contributed by atoms with E-state index >= 15 is 0 Å². The van der Waals surface area contributed by atoms with Gasteiger partial charge in [0.15, 0.2) is 11.5 Å². The van der Waals surface area contributed by atoms with E-state index in [0.29, 0.717) is 40.1 Å². The van der Waals surface area contributed by atoms with Gasteiger partial charge in [-0.3, -0.25) is 4.79 Å². The van der Waals surface area contributed by atoms with Gasteiger partial charge >= 0.3 is 0 Å². The Morgan fingerprint density at radius 2 is 1.65 bits per heavy atom. The lowest BCUT2D eigenvalue weighted by Crippen LogP contribution is -2.13. The van der Waals surface area contributed by atoms with Crippen LogP contribution >= 0.6 is 23.2 Å². The number of hydrogen-bond donors (Lipinski definition) is 1. The Bertz CT molecular complexity index is 1560. The minimum absolute atomic E-state index is 0.106. The highest BCUT2D eigenvalue weighted by Crippen LogP contribution is 2.37. The van der Waals surface area contributed by atoms with Crippen molar-refractivity contribution in [2.45, 2.75) is 20.1 Å². The van der Waals surface area contributed by atoms with Crippen molar-refractivity contribution in [3.8, 4) is 23.3 Å². The molecule has 0 unspecified atom stereocenters. The summed E-state index contributed by atoms with van der Waals surface area (Å²) in [5, 5.41) is 13.3. The Balaban J connectivity index is 1.41. The number of ether oxygens (including phenoxy) is 3. The van der Waals surface area contributed by atoms with Crippen molar-refractivity contribution in [2.75, 3.05) is 12.4 Å². The number of methoxy groups -OCH3 is 1. The summed E-state index contributed by atoms with van der Waals surface area (Å²) in [6.07, 6.45) is 1.43. The van der Waals surface area contributed by atoms with Gasteiger partial charge in [0, 0.05) is 10.7 Å². The second-order valence-corrected chi connectivity index (χ2v) is 9.72. The first-order valence-corrected chi connectivity index (χ1v) is 13.1. The summed E-state index contributed by atoms with van der Waals surface area (Å²) in [5.41, 5.74) is 4.03. The predicted molar refractivity (Wildman–Crippen MR) is 158 cm³/mol. The highest BCUT2D eigenvalue weighted by Gasteiger charge is 2.15. The zero-order valence-corrected chi connectivity index (χ0v) is 23.4. The van der Waals surface area contributed by atoms with Gasteiger partial charge in [-0.15, -0.1) is 0 Å². The first-order chi connectivity index (χ1) is 19.3. The van der Waals surface area contributed by atoms with E-state index in [2.05, 4.69) is 5.32 Å². The molecular formula is C32H26Cl2N2O4. The maximum atomic E-state index is 12.8. The molecule has 0 atom stereocenters. The van der Waals surface area contributed by atoms with Crippen LogP contribution in [0, 0.1) is 18.3 Å². The normalized spacial score (nSPS) is 10.9. The Labute approximate surface area is 243 Å². The Hall–Kier alpha value is -4.44. The lowest BCUT2D eigenvalue weighted by Gasteiger charge is -2.14. The van der Waals surface area contributed by atoms with Crippen LogP contribution in [0.5, 0.6) is 17.2 Å². The van der Waals surface area contributed by atoms with E-state index in [1.165, 1.54) is 18.7 Å². The SMILES string of the molecule is COc1cc(/C=C(\C#N)C(=O)Nc2ccc(OCc3ccc(C)cc3)cc2)cc(Cl)c1OCc1cccc(Cl)c1. The average molecular weight is 573 g/mol. The third-order valence-corrected chi connectivity index (χ3v) is 6.35. The van der Waals surface area contributed by atoms with Crippen molar-refractivity contribution in [1.29, 1.82) is 5.26 Å². The lowest BCUT2D eigenvalue weighted by molar-refractivity contribution is -0.112. The van der Waals surface area contributed by atoms with Gasteiger partial charge in [0.1, 0.15) is 30.6 Å². The number of benzene rings is 4. The van der Waals surface area contributed by atoms with Gasteiger partial charge in [-0.05, 0) is 78.2 Å². The zero-order valence-electron chi connectivity index (χ0n) is 21.9. The van der Waals surface area contributed by atoms with E-state index in [-0.39, 0.29) is 17.2 Å². The molecule has 0 radical (unpaired) electrons. The van der Waals surface area contributed by atoms with E-state index in [1.807, 2.05) is 49.4 Å². The summed E-state index contributed by atoms with van der Waals surface area (Å²) in [6.45, 7) is 2.70. The number of carbonyl (C=O) groups excluding carboxylic acids is 1. The van der Waals surface area contributed by atoms with Crippen molar-refractivity contribution in [1.82, 2.24) is 0 Å². The van der Waals surface area contributed by atoms with Crippen LogP contribution < -0.4 is 19.5 Å². The standard InChI is InChI=1S/C32H26Cl2N2O4/c1-21-6-8-22(9-7-21)19-39-28-12-10-27(11-13-28)36-32(37)25(18-35)14-24-16-29(34)31(30(17-24)38-2)40-20-23-4-3-5-26(33)15-23/h3-17H,19-20H2,1-2H3,(H,36,37)/b25-14+. The first kappa shape index (κ1) is 28.6. The molecule has 0 saturated carbocycles. The lowest BCUT2D eigenvalue weighted by atomic mass is 10.1. The van der Waals surface area contributed by atoms with Crippen LogP contribution in [-0.2, 0) is 18.0 Å². The smallest absolute Gasteiger partial charge is 0.266 e. The largest absolute Gasteiger partial charge is 0.493 e. The fraction of sp³-hybridized carbons (Fsp3) is 0.125. The van der Waals surface area contributed by atoms with Crippen molar-refractivity contribution in [2.24, 2.45) is 0 Å². The molecule has 0 aliphatic carbocycles. The zero-order chi connectivity index (χ0) is 28.5. The second-order valence-electron chi connectivity index (χ2n) is 8.88. The molecule has 4 aromatic carbocycles. The van der Waals surface area contributed by atoms with Crippen molar-refractivity contribution in [3.05, 3.63) is 123 Å². The van der Waals surface area contributed by atoms with Gasteiger partial charge in [-0.25, -0.2) is 0 Å². The monoisotopic (exact) mass is 572 g/mol. The molecule has 40 heavy (non-hydrogen) atoms. The highest BCUT2D eigenvalue weighted by atomic mass is 35.5. The Morgan fingerprint density at radius 3 is 2.33 bits per heavy atom. The van der Waals surface area contributed by atoms with Gasteiger partial charge in [0.2, 0.25) is 0 Å². The van der Waals surface area contributed by atoms with Crippen LogP contribution in [0.3, 0.4) is 0 Å². The van der Waals surface area contributed by atoms with E-state index < -0.39 is 5.91 Å². The number of nitrogens with zero attached hydrogens (tertiary/aromatic N) is 1. The van der Waals surface area contributed by atoms with Crippen molar-refractivity contribution in [3.63, 3.8) is 0 Å². The topological polar surface area (TPSA) is 80.6 Å². The molecule has 8 heteroatoms. The minimum Gasteiger partial charge on any atom is -0.493 e. The molecule has 0 aliphatic heterocycles. The summed E-state index contributed by atoms with van der Waals surface area (Å²) in [5.74, 6) is 0.801. The van der Waals surface area contributed by atoms with Crippen LogP contribution in [0.2, 0.25) is 10.0 Å². The number of nitriles is 1. The number of rotatable bonds is 10. The molecule has 0 bridgehead atoms. The van der Waals surface area contributed by atoms with E-state index in [4.69, 9.17) is 37.4 Å². The number of halogens is 2. The quantitative estimate of drug-likeness (QED) is 0.154. The van der Waals surface area contributed by atoms with Gasteiger partial charge in [0.25, 0.3) is 5.91 Å². The summed E-state index contributed by atoms with van der Waals surface area (Å²) in [4.78, 5) is 12.8. The molecule has 202 valence electrons. The second kappa shape index (κ2) is 13.6. The number of carbonyl (C=O) groups is 1. The first-order valence-electron chi connectivity index (χ1n) is 12.3. The van der Waals surface area contributed by atoms with E-state index in [9.17, 15) is 10.1 Å². The summed E-state index contributed by atoms with van der Waals surface area (Å²) in [7, 11) is 1.48. The van der Waals surface area contributed by atoms with Crippen LogP contribution in [0.25, 0.3) is 6.08 Å². The fourth-order valence-electron chi connectivity index (χ4n) is 3.74. The fourth-order valence-corrected chi connectivity index (χ4v) is 4.23. The number of hydrogen-bond acceptors (Lipinski definition) is 5. The van der Waals surface area contributed by atoms with Gasteiger partial charge in [0.05, 0.1) is 12.1 Å². The summed E-state index contributed by atoms with van der Waals surface area (Å²) < 4.78 is 17.1. The molecule has 0 saturated heterocycles. The van der Waals surface area contributed by atoms with Crippen LogP contribution in [0.1, 0.15) is 22.3 Å². The van der Waals surface area contributed by atoms with Crippen LogP contribution in [0.15, 0.2) is 90.5 Å². The van der Waals surface area contributed by atoms with Crippen molar-refractivity contribution < 1.29 is 19.0 Å². The minimum atomic E-state index is -0.563. The maximum Gasteiger partial charge on any atom is 0.266 e. The van der Waals surface area contributed by atoms with E-state index in [1.54, 1.807) is 48.5 Å². The molecule has 1 amide bonds. The van der Waals surface area contributed by atoms with E-state index in [0.717, 1.165) is 11.1 Å². The van der Waals surface area contributed by atoms with Crippen molar-refractivity contribution >= 4 is 40.9 Å².